The summed E-state index contributed by atoms with van der Waals surface area (Å²) in [6.07, 6.45) is 4.47. The lowest BCUT2D eigenvalue weighted by Crippen LogP contribution is -2.30. The standard InChI is InChI=1S/C26H32F2N2O3/c1-29-14-19-9-10-20(27)12-22(19)17-7-5-16(6-8-17)11-18-3-2-4-24(25(18)28)33-21-13-23(26(31)32)30-15-21/h2-4,9-10,12,16-17,21,23,29-30H,5-8,11,13-15H2,1H3,(H,31,32)/t16?,17?,21-,23-/m0/s1. The smallest absolute Gasteiger partial charge is 0.320 e. The zero-order valence-corrected chi connectivity index (χ0v) is 18.9. The third kappa shape index (κ3) is 5.71. The normalized spacial score (nSPS) is 25.2. The Morgan fingerprint density at radius 1 is 1.15 bits per heavy atom. The van der Waals surface area contributed by atoms with Gasteiger partial charge in [0.2, 0.25) is 0 Å². The minimum atomic E-state index is -0.915. The van der Waals surface area contributed by atoms with Crippen molar-refractivity contribution in [1.82, 2.24) is 10.6 Å². The molecule has 0 bridgehead atoms. The summed E-state index contributed by atoms with van der Waals surface area (Å²) in [7, 11) is 1.89. The summed E-state index contributed by atoms with van der Waals surface area (Å²) in [6.45, 7) is 1.11. The lowest BCUT2D eigenvalue weighted by molar-refractivity contribution is -0.139. The molecule has 0 spiro atoms. The molecular weight excluding hydrogens is 426 g/mol. The van der Waals surface area contributed by atoms with Gasteiger partial charge in [-0.05, 0) is 85.9 Å². The quantitative estimate of drug-likeness (QED) is 0.547. The van der Waals surface area contributed by atoms with Crippen molar-refractivity contribution in [3.05, 3.63) is 64.7 Å². The molecule has 0 amide bonds. The van der Waals surface area contributed by atoms with Gasteiger partial charge in [0.25, 0.3) is 0 Å². The molecule has 2 aromatic rings. The van der Waals surface area contributed by atoms with Crippen LogP contribution in [0.2, 0.25) is 0 Å². The molecular formula is C26H32F2N2O3. The maximum Gasteiger partial charge on any atom is 0.320 e. The van der Waals surface area contributed by atoms with E-state index in [-0.39, 0.29) is 23.5 Å². The molecule has 33 heavy (non-hydrogen) atoms. The van der Waals surface area contributed by atoms with Gasteiger partial charge in [-0.3, -0.25) is 4.79 Å². The maximum atomic E-state index is 15.2. The molecule has 2 fully saturated rings. The molecule has 2 aromatic carbocycles. The lowest BCUT2D eigenvalue weighted by Gasteiger charge is -2.30. The van der Waals surface area contributed by atoms with Gasteiger partial charge >= 0.3 is 5.97 Å². The molecule has 7 heteroatoms. The van der Waals surface area contributed by atoms with Gasteiger partial charge in [-0.15, -0.1) is 0 Å². The van der Waals surface area contributed by atoms with E-state index in [0.717, 1.165) is 43.4 Å². The van der Waals surface area contributed by atoms with Gasteiger partial charge in [0.05, 0.1) is 0 Å². The van der Waals surface area contributed by atoms with Crippen molar-refractivity contribution in [2.24, 2.45) is 5.92 Å². The summed E-state index contributed by atoms with van der Waals surface area (Å²) >= 11 is 0. The molecule has 2 aliphatic rings. The third-order valence-electron chi connectivity index (χ3n) is 7.00. The largest absolute Gasteiger partial charge is 0.486 e. The van der Waals surface area contributed by atoms with Crippen LogP contribution in [0.4, 0.5) is 8.78 Å². The second kappa shape index (κ2) is 10.6. The van der Waals surface area contributed by atoms with Gasteiger partial charge < -0.3 is 20.5 Å². The fourth-order valence-corrected chi connectivity index (χ4v) is 5.25. The van der Waals surface area contributed by atoms with E-state index in [1.165, 1.54) is 6.07 Å². The first kappa shape index (κ1) is 23.6. The van der Waals surface area contributed by atoms with Crippen LogP contribution >= 0.6 is 0 Å². The molecule has 1 saturated heterocycles. The highest BCUT2D eigenvalue weighted by molar-refractivity contribution is 5.73. The lowest BCUT2D eigenvalue weighted by atomic mass is 9.75. The molecule has 2 atom stereocenters. The van der Waals surface area contributed by atoms with Gasteiger partial charge in [-0.1, -0.05) is 18.2 Å². The van der Waals surface area contributed by atoms with Crippen molar-refractivity contribution in [2.75, 3.05) is 13.6 Å². The molecule has 1 heterocycles. The Labute approximate surface area is 193 Å². The molecule has 0 aromatic heterocycles. The number of nitrogens with one attached hydrogen (secondary N) is 2. The Morgan fingerprint density at radius 2 is 1.94 bits per heavy atom. The summed E-state index contributed by atoms with van der Waals surface area (Å²) in [5.41, 5.74) is 2.87. The minimum absolute atomic E-state index is 0.190. The number of ether oxygens (including phenoxy) is 1. The summed E-state index contributed by atoms with van der Waals surface area (Å²) in [6, 6.07) is 9.62. The highest BCUT2D eigenvalue weighted by Crippen LogP contribution is 2.39. The van der Waals surface area contributed by atoms with Gasteiger partial charge in [0.1, 0.15) is 18.0 Å². The van der Waals surface area contributed by atoms with Crippen LogP contribution in [0.25, 0.3) is 0 Å². The van der Waals surface area contributed by atoms with Crippen molar-refractivity contribution in [1.29, 1.82) is 0 Å². The van der Waals surface area contributed by atoms with Crippen molar-refractivity contribution in [3.63, 3.8) is 0 Å². The number of aliphatic carboxylic acids is 1. The summed E-state index contributed by atoms with van der Waals surface area (Å²) in [5.74, 6) is -0.565. The van der Waals surface area contributed by atoms with E-state index < -0.39 is 12.0 Å². The number of carboxylic acids is 1. The zero-order valence-electron chi connectivity index (χ0n) is 18.9. The van der Waals surface area contributed by atoms with Crippen LogP contribution in [-0.2, 0) is 17.8 Å². The summed E-state index contributed by atoms with van der Waals surface area (Å²) in [4.78, 5) is 11.1. The average molecular weight is 459 g/mol. The van der Waals surface area contributed by atoms with Gasteiger partial charge in [-0.2, -0.15) is 0 Å². The number of hydrogen-bond donors (Lipinski definition) is 3. The van der Waals surface area contributed by atoms with Crippen LogP contribution in [0, 0.1) is 17.6 Å². The number of carbonyl (C=O) groups is 1. The molecule has 1 saturated carbocycles. The molecule has 1 aliphatic carbocycles. The van der Waals surface area contributed by atoms with E-state index in [1.54, 1.807) is 24.3 Å². The van der Waals surface area contributed by atoms with Gasteiger partial charge in [-0.25, -0.2) is 8.78 Å². The Morgan fingerprint density at radius 3 is 2.64 bits per heavy atom. The van der Waals surface area contributed by atoms with Gasteiger partial charge in [0, 0.05) is 19.5 Å². The summed E-state index contributed by atoms with van der Waals surface area (Å²) in [5, 5.41) is 15.2. The molecule has 3 N–H and O–H groups in total. The molecule has 0 unspecified atom stereocenters. The van der Waals surface area contributed by atoms with Crippen LogP contribution in [0.5, 0.6) is 5.75 Å². The van der Waals surface area contributed by atoms with Crippen LogP contribution in [0.1, 0.15) is 54.7 Å². The fraction of sp³-hybridized carbons (Fsp3) is 0.500. The summed E-state index contributed by atoms with van der Waals surface area (Å²) < 4.78 is 34.8. The van der Waals surface area contributed by atoms with Crippen molar-refractivity contribution >= 4 is 5.97 Å². The highest BCUT2D eigenvalue weighted by atomic mass is 19.1. The first-order chi connectivity index (χ1) is 15.9. The minimum Gasteiger partial charge on any atom is -0.486 e. The van der Waals surface area contributed by atoms with E-state index in [4.69, 9.17) is 9.84 Å². The Hall–Kier alpha value is -2.51. The monoisotopic (exact) mass is 458 g/mol. The highest BCUT2D eigenvalue weighted by Gasteiger charge is 2.31. The fourth-order valence-electron chi connectivity index (χ4n) is 5.25. The zero-order chi connectivity index (χ0) is 23.4. The first-order valence-electron chi connectivity index (χ1n) is 11.8. The van der Waals surface area contributed by atoms with E-state index in [2.05, 4.69) is 10.6 Å². The average Bonchev–Trinajstić information content (AvgIpc) is 3.27. The number of benzene rings is 2. The first-order valence-corrected chi connectivity index (χ1v) is 11.8. The van der Waals surface area contributed by atoms with Crippen molar-refractivity contribution < 1.29 is 23.4 Å². The van der Waals surface area contributed by atoms with Crippen molar-refractivity contribution in [2.45, 2.75) is 63.1 Å². The molecule has 1 aliphatic heterocycles. The van der Waals surface area contributed by atoms with Crippen LogP contribution in [0.15, 0.2) is 36.4 Å². The molecule has 0 radical (unpaired) electrons. The second-order valence-corrected chi connectivity index (χ2v) is 9.30. The van der Waals surface area contributed by atoms with E-state index in [9.17, 15) is 9.18 Å². The van der Waals surface area contributed by atoms with Crippen LogP contribution < -0.4 is 15.4 Å². The predicted octanol–water partition coefficient (Wildman–Crippen LogP) is 4.39. The Kier molecular flexibility index (Phi) is 7.60. The van der Waals surface area contributed by atoms with E-state index >= 15 is 4.39 Å². The number of carboxylic acid groups (broad SMARTS) is 1. The topological polar surface area (TPSA) is 70.6 Å². The van der Waals surface area contributed by atoms with Crippen molar-refractivity contribution in [3.8, 4) is 5.75 Å². The van der Waals surface area contributed by atoms with Gasteiger partial charge in [0.15, 0.2) is 11.6 Å². The predicted molar refractivity (Wildman–Crippen MR) is 122 cm³/mol. The van der Waals surface area contributed by atoms with E-state index in [0.29, 0.717) is 36.8 Å². The molecule has 4 rings (SSSR count). The Balaban J connectivity index is 1.36. The van der Waals surface area contributed by atoms with Crippen LogP contribution in [-0.4, -0.2) is 36.8 Å². The van der Waals surface area contributed by atoms with Crippen LogP contribution in [0.3, 0.4) is 0 Å². The second-order valence-electron chi connectivity index (χ2n) is 9.30. The molecule has 5 nitrogen and oxygen atoms in total. The molecule has 178 valence electrons. The number of hydrogen-bond acceptors (Lipinski definition) is 4. The SMILES string of the molecule is CNCc1ccc(F)cc1C1CCC(Cc2cccc(O[C@@H]3CN[C@H](C(=O)O)C3)c2F)CC1. The third-order valence-corrected chi connectivity index (χ3v) is 7.00. The number of halogens is 2. The number of rotatable bonds is 8. The van der Waals surface area contributed by atoms with E-state index in [1.807, 2.05) is 13.1 Å². The Bertz CT molecular complexity index is 976. The maximum absolute atomic E-state index is 15.2.